The predicted molar refractivity (Wildman–Crippen MR) is 63.7 cm³/mol. The zero-order chi connectivity index (χ0) is 12.0. The fourth-order valence-corrected chi connectivity index (χ4v) is 1.52. The third-order valence-electron chi connectivity index (χ3n) is 2.21. The molecule has 0 bridgehead atoms. The van der Waals surface area contributed by atoms with E-state index in [4.69, 9.17) is 25.8 Å². The van der Waals surface area contributed by atoms with Crippen molar-refractivity contribution in [2.75, 3.05) is 27.3 Å². The number of rotatable bonds is 6. The van der Waals surface area contributed by atoms with Gasteiger partial charge in [0.2, 0.25) is 0 Å². The van der Waals surface area contributed by atoms with Crippen molar-refractivity contribution in [3.05, 3.63) is 17.7 Å². The summed E-state index contributed by atoms with van der Waals surface area (Å²) in [5.41, 5.74) is 0.923. The number of nitrogens with one attached hydrogen (secondary N) is 1. The normalized spacial score (nSPS) is 10.0. The van der Waals surface area contributed by atoms with Crippen LogP contribution in [0.4, 0.5) is 0 Å². The molecule has 0 spiro atoms. The fourth-order valence-electron chi connectivity index (χ4n) is 1.42. The lowest BCUT2D eigenvalue weighted by Gasteiger charge is -2.14. The molecule has 1 aromatic rings. The minimum Gasteiger partial charge on any atom is -0.496 e. The maximum absolute atomic E-state index is 5.58. The summed E-state index contributed by atoms with van der Waals surface area (Å²) in [6.07, 6.45) is 0. The molecular formula is C11H16ClNO3. The first-order valence-electron chi connectivity index (χ1n) is 4.82. The van der Waals surface area contributed by atoms with Crippen molar-refractivity contribution in [1.82, 2.24) is 5.32 Å². The van der Waals surface area contributed by atoms with Gasteiger partial charge in [0.15, 0.2) is 0 Å². The van der Waals surface area contributed by atoms with E-state index in [1.165, 1.54) is 0 Å². The summed E-state index contributed by atoms with van der Waals surface area (Å²) in [6, 6.07) is 4.00. The molecule has 16 heavy (non-hydrogen) atoms. The second-order valence-electron chi connectivity index (χ2n) is 3.07. The van der Waals surface area contributed by atoms with Crippen LogP contribution in [0.3, 0.4) is 0 Å². The van der Waals surface area contributed by atoms with Crippen molar-refractivity contribution in [2.24, 2.45) is 0 Å². The van der Waals surface area contributed by atoms with Gasteiger partial charge in [-0.1, -0.05) is 0 Å². The highest BCUT2D eigenvalue weighted by Crippen LogP contribution is 2.33. The van der Waals surface area contributed by atoms with Gasteiger partial charge in [0.25, 0.3) is 0 Å². The van der Waals surface area contributed by atoms with Gasteiger partial charge < -0.3 is 14.2 Å². The fraction of sp³-hybridized carbons (Fsp3) is 0.455. The molecule has 0 atom stereocenters. The van der Waals surface area contributed by atoms with E-state index in [9.17, 15) is 0 Å². The molecule has 0 fully saturated rings. The zero-order valence-corrected chi connectivity index (χ0v) is 10.4. The van der Waals surface area contributed by atoms with Crippen molar-refractivity contribution < 1.29 is 14.2 Å². The summed E-state index contributed by atoms with van der Waals surface area (Å²) in [4.78, 5) is 0. The number of hydrogen-bond donors (Lipinski definition) is 1. The number of benzene rings is 1. The molecule has 0 saturated heterocycles. The largest absolute Gasteiger partial charge is 0.496 e. The van der Waals surface area contributed by atoms with Crippen molar-refractivity contribution >= 4 is 11.6 Å². The van der Waals surface area contributed by atoms with E-state index in [2.05, 4.69) is 5.32 Å². The third kappa shape index (κ3) is 2.93. The van der Waals surface area contributed by atoms with Crippen molar-refractivity contribution in [3.8, 4) is 17.2 Å². The van der Waals surface area contributed by atoms with E-state index < -0.39 is 0 Å². The van der Waals surface area contributed by atoms with Crippen LogP contribution in [0.2, 0.25) is 0 Å². The summed E-state index contributed by atoms with van der Waals surface area (Å²) in [5.74, 6) is 2.13. The topological polar surface area (TPSA) is 39.7 Å². The molecule has 0 amide bonds. The Morgan fingerprint density at radius 2 is 1.62 bits per heavy atom. The van der Waals surface area contributed by atoms with Crippen molar-refractivity contribution in [1.29, 1.82) is 0 Å². The predicted octanol–water partition coefficient (Wildman–Crippen LogP) is 2.00. The Labute approximate surface area is 100 Å². The van der Waals surface area contributed by atoms with Crippen LogP contribution in [0.15, 0.2) is 12.1 Å². The highest BCUT2D eigenvalue weighted by Gasteiger charge is 2.12. The molecule has 0 aliphatic rings. The minimum atomic E-state index is 0.373. The zero-order valence-electron chi connectivity index (χ0n) is 9.67. The summed E-state index contributed by atoms with van der Waals surface area (Å²) < 4.78 is 15.7. The first-order chi connectivity index (χ1) is 7.76. The van der Waals surface area contributed by atoms with E-state index in [0.717, 1.165) is 5.56 Å². The van der Waals surface area contributed by atoms with Crippen LogP contribution in [0.1, 0.15) is 5.56 Å². The summed E-state index contributed by atoms with van der Waals surface area (Å²) >= 11 is 5.58. The first-order valence-corrected chi connectivity index (χ1v) is 5.35. The van der Waals surface area contributed by atoms with E-state index in [0.29, 0.717) is 29.8 Å². The van der Waals surface area contributed by atoms with Crippen molar-refractivity contribution in [2.45, 2.75) is 6.54 Å². The third-order valence-corrected chi connectivity index (χ3v) is 2.40. The van der Waals surface area contributed by atoms with Crippen LogP contribution in [-0.4, -0.2) is 27.3 Å². The van der Waals surface area contributed by atoms with Gasteiger partial charge in [-0.25, -0.2) is 0 Å². The van der Waals surface area contributed by atoms with E-state index in [-0.39, 0.29) is 0 Å². The molecule has 0 aliphatic heterocycles. The van der Waals surface area contributed by atoms with Gasteiger partial charge in [-0.15, -0.1) is 11.6 Å². The van der Waals surface area contributed by atoms with Crippen LogP contribution < -0.4 is 19.5 Å². The van der Waals surface area contributed by atoms with E-state index in [1.54, 1.807) is 21.3 Å². The van der Waals surface area contributed by atoms with Gasteiger partial charge in [-0.05, 0) is 0 Å². The van der Waals surface area contributed by atoms with Crippen molar-refractivity contribution in [3.63, 3.8) is 0 Å². The van der Waals surface area contributed by atoms with E-state index >= 15 is 0 Å². The maximum atomic E-state index is 5.58. The molecule has 4 nitrogen and oxygen atoms in total. The Bertz CT molecular complexity index is 319. The average molecular weight is 246 g/mol. The lowest BCUT2D eigenvalue weighted by atomic mass is 10.1. The molecule has 1 N–H and O–H groups in total. The second kappa shape index (κ2) is 6.45. The van der Waals surface area contributed by atoms with E-state index in [1.807, 2.05) is 12.1 Å². The second-order valence-corrected chi connectivity index (χ2v) is 3.34. The molecule has 90 valence electrons. The number of methoxy groups -OCH3 is 3. The molecular weight excluding hydrogens is 230 g/mol. The molecule has 1 rings (SSSR count). The number of halogens is 1. The van der Waals surface area contributed by atoms with Gasteiger partial charge in [0, 0.05) is 18.7 Å². The summed E-state index contributed by atoms with van der Waals surface area (Å²) in [7, 11) is 4.82. The lowest BCUT2D eigenvalue weighted by Crippen LogP contribution is -2.12. The number of hydrogen-bond acceptors (Lipinski definition) is 4. The van der Waals surface area contributed by atoms with Gasteiger partial charge in [0.05, 0.1) is 32.9 Å². The maximum Gasteiger partial charge on any atom is 0.130 e. The Kier molecular flexibility index (Phi) is 5.22. The van der Waals surface area contributed by atoms with Gasteiger partial charge in [0.1, 0.15) is 17.2 Å². The number of ether oxygens (including phenoxy) is 3. The Morgan fingerprint density at radius 1 is 1.06 bits per heavy atom. The molecule has 0 saturated carbocycles. The summed E-state index contributed by atoms with van der Waals surface area (Å²) in [5, 5.41) is 3.02. The highest BCUT2D eigenvalue weighted by molar-refractivity contribution is 6.17. The molecule has 0 radical (unpaired) electrons. The van der Waals surface area contributed by atoms with Gasteiger partial charge >= 0.3 is 0 Å². The Hall–Kier alpha value is -1.13. The first kappa shape index (κ1) is 12.9. The van der Waals surface area contributed by atoms with Crippen LogP contribution in [0, 0.1) is 0 Å². The van der Waals surface area contributed by atoms with Crippen LogP contribution in [0.5, 0.6) is 17.2 Å². The molecule has 1 aromatic carbocycles. The number of alkyl halides is 1. The quantitative estimate of drug-likeness (QED) is 0.615. The average Bonchev–Trinajstić information content (AvgIpc) is 2.35. The smallest absolute Gasteiger partial charge is 0.130 e. The van der Waals surface area contributed by atoms with Gasteiger partial charge in [-0.3, -0.25) is 5.32 Å². The standard InChI is InChI=1S/C11H16ClNO3/c1-14-8-4-10(15-2)9(6-13-7-12)11(5-8)16-3/h4-5,13H,6-7H2,1-3H3. The lowest BCUT2D eigenvalue weighted by molar-refractivity contribution is 0.367. The van der Waals surface area contributed by atoms with Crippen LogP contribution in [-0.2, 0) is 6.54 Å². The molecule has 5 heteroatoms. The molecule has 0 unspecified atom stereocenters. The minimum absolute atomic E-state index is 0.373. The monoisotopic (exact) mass is 245 g/mol. The Morgan fingerprint density at radius 3 is 2.00 bits per heavy atom. The molecule has 0 heterocycles. The highest BCUT2D eigenvalue weighted by atomic mass is 35.5. The summed E-state index contributed by atoms with van der Waals surface area (Å²) in [6.45, 7) is 0.583. The van der Waals surface area contributed by atoms with Crippen LogP contribution in [0.25, 0.3) is 0 Å². The van der Waals surface area contributed by atoms with Gasteiger partial charge in [-0.2, -0.15) is 0 Å². The Balaban J connectivity index is 3.09. The SMILES string of the molecule is COc1cc(OC)c(CNCCl)c(OC)c1. The molecule has 0 aliphatic carbocycles. The van der Waals surface area contributed by atoms with Crippen LogP contribution >= 0.6 is 11.6 Å². The molecule has 0 aromatic heterocycles.